The zero-order valence-electron chi connectivity index (χ0n) is 14.8. The second kappa shape index (κ2) is 7.54. The van der Waals surface area contributed by atoms with E-state index in [1.807, 2.05) is 19.1 Å². The van der Waals surface area contributed by atoms with Gasteiger partial charge in [0.25, 0.3) is 0 Å². The SMILES string of the molecule is CCc1ccc(-c2cc(C(F)(F)F)nc(N3CCC(C(=O)O)CC3)n2)cc1. The number of carbonyl (C=O) groups is 1. The first kappa shape index (κ1) is 19.1. The number of aromatic nitrogens is 2. The monoisotopic (exact) mass is 379 g/mol. The maximum absolute atomic E-state index is 13.3. The van der Waals surface area contributed by atoms with E-state index in [0.29, 0.717) is 31.5 Å². The average Bonchev–Trinajstić information content (AvgIpc) is 2.67. The summed E-state index contributed by atoms with van der Waals surface area (Å²) in [5.74, 6) is -1.37. The molecule has 1 N–H and O–H groups in total. The van der Waals surface area contributed by atoms with Crippen LogP contribution in [0.15, 0.2) is 30.3 Å². The van der Waals surface area contributed by atoms with Gasteiger partial charge in [-0.15, -0.1) is 0 Å². The molecule has 1 aromatic heterocycles. The second-order valence-corrected chi connectivity index (χ2v) is 6.59. The lowest BCUT2D eigenvalue weighted by Gasteiger charge is -2.30. The van der Waals surface area contributed by atoms with Crippen LogP contribution in [0, 0.1) is 5.92 Å². The Kier molecular flexibility index (Phi) is 5.34. The molecule has 0 spiro atoms. The molecular weight excluding hydrogens is 359 g/mol. The molecular formula is C19H20F3N3O2. The molecule has 0 saturated carbocycles. The Labute approximate surface area is 154 Å². The van der Waals surface area contributed by atoms with Crippen molar-refractivity contribution in [2.45, 2.75) is 32.4 Å². The first-order chi connectivity index (χ1) is 12.8. The van der Waals surface area contributed by atoms with Crippen LogP contribution in [0.1, 0.15) is 31.0 Å². The Morgan fingerprint density at radius 3 is 2.33 bits per heavy atom. The van der Waals surface area contributed by atoms with Crippen LogP contribution in [-0.2, 0) is 17.4 Å². The van der Waals surface area contributed by atoms with Crippen molar-refractivity contribution in [3.8, 4) is 11.3 Å². The van der Waals surface area contributed by atoms with Gasteiger partial charge in [-0.05, 0) is 30.9 Å². The standard InChI is InChI=1S/C19H20F3N3O2/c1-2-12-3-5-13(6-4-12)15-11-16(19(20,21)22)24-18(23-15)25-9-7-14(8-10-25)17(26)27/h3-6,11,14H,2,7-10H2,1H3,(H,26,27). The molecule has 1 aliphatic heterocycles. The zero-order chi connectivity index (χ0) is 19.6. The topological polar surface area (TPSA) is 66.3 Å². The highest BCUT2D eigenvalue weighted by Gasteiger charge is 2.35. The molecule has 0 aliphatic carbocycles. The van der Waals surface area contributed by atoms with E-state index in [1.54, 1.807) is 17.0 Å². The van der Waals surface area contributed by atoms with Gasteiger partial charge in [-0.1, -0.05) is 31.2 Å². The zero-order valence-corrected chi connectivity index (χ0v) is 14.8. The number of nitrogens with zero attached hydrogens (tertiary/aromatic N) is 3. The largest absolute Gasteiger partial charge is 0.481 e. The van der Waals surface area contributed by atoms with Crippen LogP contribution < -0.4 is 4.90 Å². The molecule has 0 unspecified atom stereocenters. The third-order valence-corrected chi connectivity index (χ3v) is 4.79. The summed E-state index contributed by atoms with van der Waals surface area (Å²) in [5, 5.41) is 9.08. The maximum Gasteiger partial charge on any atom is 0.433 e. The number of alkyl halides is 3. The van der Waals surface area contributed by atoms with Gasteiger partial charge in [-0.2, -0.15) is 13.2 Å². The summed E-state index contributed by atoms with van der Waals surface area (Å²) >= 11 is 0. The highest BCUT2D eigenvalue weighted by molar-refractivity contribution is 5.70. The van der Waals surface area contributed by atoms with Crippen LogP contribution in [-0.4, -0.2) is 34.1 Å². The number of aryl methyl sites for hydroxylation is 1. The van der Waals surface area contributed by atoms with Gasteiger partial charge in [-0.3, -0.25) is 4.79 Å². The third-order valence-electron chi connectivity index (χ3n) is 4.79. The van der Waals surface area contributed by atoms with E-state index in [4.69, 9.17) is 5.11 Å². The quantitative estimate of drug-likeness (QED) is 0.869. The van der Waals surface area contributed by atoms with Crippen LogP contribution >= 0.6 is 0 Å². The number of hydrogen-bond donors (Lipinski definition) is 1. The van der Waals surface area contributed by atoms with Crippen LogP contribution in [0.2, 0.25) is 0 Å². The van der Waals surface area contributed by atoms with E-state index in [9.17, 15) is 18.0 Å². The summed E-state index contributed by atoms with van der Waals surface area (Å²) in [6.45, 7) is 2.62. The van der Waals surface area contributed by atoms with Crippen molar-refractivity contribution in [3.05, 3.63) is 41.6 Å². The lowest BCUT2D eigenvalue weighted by atomic mass is 9.97. The number of anilines is 1. The van der Waals surface area contributed by atoms with Gasteiger partial charge in [0.05, 0.1) is 11.6 Å². The minimum absolute atomic E-state index is 0.0109. The van der Waals surface area contributed by atoms with Crippen molar-refractivity contribution < 1.29 is 23.1 Å². The molecule has 0 radical (unpaired) electrons. The van der Waals surface area contributed by atoms with Gasteiger partial charge in [-0.25, -0.2) is 9.97 Å². The Morgan fingerprint density at radius 1 is 1.19 bits per heavy atom. The minimum Gasteiger partial charge on any atom is -0.481 e. The van der Waals surface area contributed by atoms with Gasteiger partial charge < -0.3 is 10.0 Å². The maximum atomic E-state index is 13.3. The fourth-order valence-electron chi connectivity index (χ4n) is 3.11. The summed E-state index contributed by atoms with van der Waals surface area (Å²) in [5.41, 5.74) is 0.874. The third kappa shape index (κ3) is 4.37. The summed E-state index contributed by atoms with van der Waals surface area (Å²) in [6.07, 6.45) is -3.04. The molecule has 3 rings (SSSR count). The summed E-state index contributed by atoms with van der Waals surface area (Å²) in [6, 6.07) is 8.18. The number of halogens is 3. The van der Waals surface area contributed by atoms with Crippen LogP contribution in [0.3, 0.4) is 0 Å². The first-order valence-electron chi connectivity index (χ1n) is 8.81. The van der Waals surface area contributed by atoms with E-state index in [0.717, 1.165) is 18.1 Å². The highest BCUT2D eigenvalue weighted by atomic mass is 19.4. The Morgan fingerprint density at radius 2 is 1.81 bits per heavy atom. The van der Waals surface area contributed by atoms with Gasteiger partial charge in [0.15, 0.2) is 5.69 Å². The predicted octanol–water partition coefficient (Wildman–Crippen LogP) is 4.03. The van der Waals surface area contributed by atoms with Crippen molar-refractivity contribution in [2.75, 3.05) is 18.0 Å². The molecule has 2 aromatic rings. The normalized spacial score (nSPS) is 15.8. The highest BCUT2D eigenvalue weighted by Crippen LogP contribution is 2.32. The Hall–Kier alpha value is -2.64. The van der Waals surface area contributed by atoms with Crippen LogP contribution in [0.5, 0.6) is 0 Å². The average molecular weight is 379 g/mol. The number of carboxylic acids is 1. The van der Waals surface area contributed by atoms with Crippen molar-refractivity contribution in [2.24, 2.45) is 5.92 Å². The molecule has 1 saturated heterocycles. The molecule has 1 aliphatic rings. The fourth-order valence-corrected chi connectivity index (χ4v) is 3.11. The van der Waals surface area contributed by atoms with E-state index < -0.39 is 23.8 Å². The number of carboxylic acid groups (broad SMARTS) is 1. The minimum atomic E-state index is -4.59. The summed E-state index contributed by atoms with van der Waals surface area (Å²) in [7, 11) is 0. The number of hydrogen-bond acceptors (Lipinski definition) is 4. The fraction of sp³-hybridized carbons (Fsp3) is 0.421. The lowest BCUT2D eigenvalue weighted by Crippen LogP contribution is -2.37. The molecule has 1 aromatic carbocycles. The number of aliphatic carboxylic acids is 1. The Bertz CT molecular complexity index is 814. The molecule has 27 heavy (non-hydrogen) atoms. The van der Waals surface area contributed by atoms with E-state index in [-0.39, 0.29) is 11.6 Å². The molecule has 0 atom stereocenters. The van der Waals surface area contributed by atoms with Crippen molar-refractivity contribution in [1.29, 1.82) is 0 Å². The lowest BCUT2D eigenvalue weighted by molar-refractivity contribution is -0.142. The van der Waals surface area contributed by atoms with Gasteiger partial charge in [0.2, 0.25) is 5.95 Å². The number of piperidine rings is 1. The van der Waals surface area contributed by atoms with E-state index in [2.05, 4.69) is 9.97 Å². The van der Waals surface area contributed by atoms with Gasteiger partial charge in [0.1, 0.15) is 0 Å². The van der Waals surface area contributed by atoms with Gasteiger partial charge >= 0.3 is 12.1 Å². The second-order valence-electron chi connectivity index (χ2n) is 6.59. The van der Waals surface area contributed by atoms with Crippen molar-refractivity contribution >= 4 is 11.9 Å². The van der Waals surface area contributed by atoms with Gasteiger partial charge in [0, 0.05) is 18.7 Å². The number of rotatable bonds is 4. The Balaban J connectivity index is 1.95. The molecule has 8 heteroatoms. The van der Waals surface area contributed by atoms with E-state index in [1.165, 1.54) is 0 Å². The predicted molar refractivity (Wildman–Crippen MR) is 94.4 cm³/mol. The van der Waals surface area contributed by atoms with E-state index >= 15 is 0 Å². The molecule has 0 bridgehead atoms. The molecule has 1 fully saturated rings. The molecule has 5 nitrogen and oxygen atoms in total. The molecule has 144 valence electrons. The molecule has 0 amide bonds. The molecule has 2 heterocycles. The number of benzene rings is 1. The van der Waals surface area contributed by atoms with Crippen LogP contribution in [0.25, 0.3) is 11.3 Å². The summed E-state index contributed by atoms with van der Waals surface area (Å²) in [4.78, 5) is 20.7. The van der Waals surface area contributed by atoms with Crippen molar-refractivity contribution in [3.63, 3.8) is 0 Å². The smallest absolute Gasteiger partial charge is 0.433 e. The van der Waals surface area contributed by atoms with Crippen molar-refractivity contribution in [1.82, 2.24) is 9.97 Å². The summed E-state index contributed by atoms with van der Waals surface area (Å²) < 4.78 is 40.0. The first-order valence-corrected chi connectivity index (χ1v) is 8.81. The van der Waals surface area contributed by atoms with Crippen LogP contribution in [0.4, 0.5) is 19.1 Å².